The molecule has 0 aliphatic carbocycles. The molecule has 4 nitrogen and oxygen atoms in total. The lowest BCUT2D eigenvalue weighted by Gasteiger charge is -2.19. The van der Waals surface area contributed by atoms with Crippen molar-refractivity contribution in [1.82, 2.24) is 4.98 Å². The summed E-state index contributed by atoms with van der Waals surface area (Å²) in [6.45, 7) is 1.55. The highest BCUT2D eigenvalue weighted by Gasteiger charge is 2.21. The van der Waals surface area contributed by atoms with Crippen molar-refractivity contribution in [2.45, 2.75) is 25.8 Å². The van der Waals surface area contributed by atoms with Gasteiger partial charge >= 0.3 is 0 Å². The Morgan fingerprint density at radius 1 is 1.11 bits per heavy atom. The molecule has 1 fully saturated rings. The Morgan fingerprint density at radius 3 is 2.56 bits per heavy atom. The number of nitrogens with zero attached hydrogens (tertiary/aromatic N) is 1. The van der Waals surface area contributed by atoms with Crippen LogP contribution in [0.1, 0.15) is 41.3 Å². The summed E-state index contributed by atoms with van der Waals surface area (Å²) in [4.78, 5) is 20.0. The Morgan fingerprint density at radius 2 is 1.85 bits per heavy atom. The SMILES string of the molecule is CC(=O)c1ccc2[nH]c(O)c(C(=NC3CCSCC3)c3ccccc3)c2c1. The fourth-order valence-corrected chi connectivity index (χ4v) is 4.59. The molecule has 1 aromatic heterocycles. The zero-order chi connectivity index (χ0) is 18.8. The first-order valence-corrected chi connectivity index (χ1v) is 10.4. The molecule has 5 heteroatoms. The molecule has 0 saturated carbocycles. The summed E-state index contributed by atoms with van der Waals surface area (Å²) in [6.07, 6.45) is 2.09. The number of carbonyl (C=O) groups is 1. The fourth-order valence-electron chi connectivity index (χ4n) is 3.51. The number of hydrogen-bond donors (Lipinski definition) is 2. The van der Waals surface area contributed by atoms with Crippen molar-refractivity contribution < 1.29 is 9.90 Å². The summed E-state index contributed by atoms with van der Waals surface area (Å²) in [5, 5.41) is 11.5. The highest BCUT2D eigenvalue weighted by atomic mass is 32.2. The second kappa shape index (κ2) is 7.61. The molecular formula is C22H22N2O2S. The van der Waals surface area contributed by atoms with Gasteiger partial charge in [-0.1, -0.05) is 30.3 Å². The van der Waals surface area contributed by atoms with E-state index in [4.69, 9.17) is 4.99 Å². The van der Waals surface area contributed by atoms with Crippen LogP contribution in [-0.2, 0) is 0 Å². The maximum atomic E-state index is 11.9. The van der Waals surface area contributed by atoms with Crippen LogP contribution in [0.15, 0.2) is 53.5 Å². The van der Waals surface area contributed by atoms with Gasteiger partial charge in [0.2, 0.25) is 0 Å². The molecule has 27 heavy (non-hydrogen) atoms. The molecule has 0 radical (unpaired) electrons. The highest BCUT2D eigenvalue weighted by molar-refractivity contribution is 7.99. The fraction of sp³-hybridized carbons (Fsp3) is 0.273. The number of rotatable bonds is 4. The topological polar surface area (TPSA) is 65.5 Å². The number of hydrogen-bond acceptors (Lipinski definition) is 4. The number of H-pyrrole nitrogens is 1. The van der Waals surface area contributed by atoms with Gasteiger partial charge in [0.25, 0.3) is 0 Å². The van der Waals surface area contributed by atoms with Crippen LogP contribution in [0.4, 0.5) is 0 Å². The number of ketones is 1. The molecule has 2 heterocycles. The Hall–Kier alpha value is -2.53. The van der Waals surface area contributed by atoms with E-state index in [0.29, 0.717) is 11.1 Å². The van der Waals surface area contributed by atoms with Crippen LogP contribution in [0.3, 0.4) is 0 Å². The molecule has 0 amide bonds. The molecule has 1 aliphatic heterocycles. The van der Waals surface area contributed by atoms with Gasteiger partial charge in [0, 0.05) is 22.0 Å². The third kappa shape index (κ3) is 3.65. The molecular weight excluding hydrogens is 356 g/mol. The minimum Gasteiger partial charge on any atom is -0.494 e. The third-order valence-electron chi connectivity index (χ3n) is 4.97. The second-order valence-electron chi connectivity index (χ2n) is 6.85. The normalized spacial score (nSPS) is 16.0. The number of aromatic hydroxyl groups is 1. The first-order chi connectivity index (χ1) is 13.1. The van der Waals surface area contributed by atoms with Gasteiger partial charge in [-0.05, 0) is 49.5 Å². The second-order valence-corrected chi connectivity index (χ2v) is 8.08. The molecule has 0 bridgehead atoms. The molecule has 0 spiro atoms. The largest absolute Gasteiger partial charge is 0.494 e. The van der Waals surface area contributed by atoms with Crippen molar-refractivity contribution in [2.75, 3.05) is 11.5 Å². The van der Waals surface area contributed by atoms with Crippen LogP contribution in [0.25, 0.3) is 10.9 Å². The van der Waals surface area contributed by atoms with Crippen molar-refractivity contribution in [3.05, 3.63) is 65.2 Å². The number of benzene rings is 2. The van der Waals surface area contributed by atoms with Crippen molar-refractivity contribution in [2.24, 2.45) is 4.99 Å². The molecule has 4 rings (SSSR count). The lowest BCUT2D eigenvalue weighted by atomic mass is 9.98. The number of aliphatic imine (C=N–C) groups is 1. The Labute approximate surface area is 162 Å². The minimum atomic E-state index is 0.00560. The van der Waals surface area contributed by atoms with E-state index in [1.807, 2.05) is 54.2 Å². The number of aromatic nitrogens is 1. The predicted octanol–water partition coefficient (Wildman–Crippen LogP) is 4.81. The maximum absolute atomic E-state index is 11.9. The van der Waals surface area contributed by atoms with Crippen LogP contribution in [0, 0.1) is 0 Å². The smallest absolute Gasteiger partial charge is 0.199 e. The van der Waals surface area contributed by atoms with Crippen LogP contribution in [0.5, 0.6) is 5.88 Å². The standard InChI is InChI=1S/C22H22N2O2S/c1-14(25)16-7-8-19-18(13-16)20(22(26)24-19)21(15-5-3-2-4-6-15)23-17-9-11-27-12-10-17/h2-8,13,17,24,26H,9-12H2,1H3. The highest BCUT2D eigenvalue weighted by Crippen LogP contribution is 2.32. The molecule has 3 aromatic rings. The third-order valence-corrected chi connectivity index (χ3v) is 6.02. The molecule has 0 unspecified atom stereocenters. The number of fused-ring (bicyclic) bond motifs is 1. The number of Topliss-reactive ketones (excluding diaryl/α,β-unsaturated/α-hetero) is 1. The van der Waals surface area contributed by atoms with Crippen LogP contribution < -0.4 is 0 Å². The van der Waals surface area contributed by atoms with E-state index in [1.165, 1.54) is 0 Å². The van der Waals surface area contributed by atoms with Crippen LogP contribution in [0.2, 0.25) is 0 Å². The van der Waals surface area contributed by atoms with Crippen LogP contribution >= 0.6 is 11.8 Å². The average molecular weight is 378 g/mol. The molecule has 1 saturated heterocycles. The quantitative estimate of drug-likeness (QED) is 0.506. The molecule has 2 N–H and O–H groups in total. The summed E-state index contributed by atoms with van der Waals surface area (Å²) >= 11 is 1.97. The first kappa shape index (κ1) is 17.9. The van der Waals surface area contributed by atoms with Crippen molar-refractivity contribution in [3.63, 3.8) is 0 Å². The van der Waals surface area contributed by atoms with Crippen molar-refractivity contribution in [1.29, 1.82) is 0 Å². The van der Waals surface area contributed by atoms with Gasteiger partial charge in [-0.15, -0.1) is 0 Å². The van der Waals surface area contributed by atoms with Gasteiger partial charge in [0.05, 0.1) is 17.3 Å². The Balaban J connectivity index is 1.91. The van der Waals surface area contributed by atoms with E-state index >= 15 is 0 Å². The van der Waals surface area contributed by atoms with E-state index in [2.05, 4.69) is 4.98 Å². The molecule has 1 aliphatic rings. The molecule has 2 aromatic carbocycles. The molecule has 0 atom stereocenters. The van der Waals surface area contributed by atoms with Gasteiger partial charge in [-0.25, -0.2) is 0 Å². The molecule has 138 valence electrons. The minimum absolute atomic E-state index is 0.00560. The maximum Gasteiger partial charge on any atom is 0.199 e. The monoisotopic (exact) mass is 378 g/mol. The Bertz CT molecular complexity index is 1000. The van der Waals surface area contributed by atoms with E-state index in [1.54, 1.807) is 13.0 Å². The van der Waals surface area contributed by atoms with Gasteiger partial charge in [-0.2, -0.15) is 11.8 Å². The number of aromatic amines is 1. The van der Waals surface area contributed by atoms with Crippen molar-refractivity contribution in [3.8, 4) is 5.88 Å². The van der Waals surface area contributed by atoms with E-state index in [-0.39, 0.29) is 17.7 Å². The van der Waals surface area contributed by atoms with E-state index in [9.17, 15) is 9.90 Å². The van der Waals surface area contributed by atoms with Gasteiger partial charge in [0.1, 0.15) is 0 Å². The zero-order valence-electron chi connectivity index (χ0n) is 15.2. The summed E-state index contributed by atoms with van der Waals surface area (Å²) in [5.74, 6) is 2.33. The average Bonchev–Trinajstić information content (AvgIpc) is 3.02. The van der Waals surface area contributed by atoms with E-state index < -0.39 is 0 Å². The number of nitrogens with one attached hydrogen (secondary N) is 1. The number of carbonyl (C=O) groups excluding carboxylic acids is 1. The van der Waals surface area contributed by atoms with Crippen molar-refractivity contribution >= 4 is 34.2 Å². The first-order valence-electron chi connectivity index (χ1n) is 9.20. The van der Waals surface area contributed by atoms with Crippen LogP contribution in [-0.4, -0.2) is 39.1 Å². The summed E-state index contributed by atoms with van der Waals surface area (Å²) < 4.78 is 0. The summed E-state index contributed by atoms with van der Waals surface area (Å²) in [6, 6.07) is 15.7. The summed E-state index contributed by atoms with van der Waals surface area (Å²) in [5.41, 5.74) is 3.87. The van der Waals surface area contributed by atoms with Gasteiger partial charge in [0.15, 0.2) is 11.7 Å². The van der Waals surface area contributed by atoms with Gasteiger partial charge < -0.3 is 10.1 Å². The zero-order valence-corrected chi connectivity index (χ0v) is 16.1. The Kier molecular flexibility index (Phi) is 5.03. The lowest BCUT2D eigenvalue weighted by molar-refractivity contribution is 0.101. The predicted molar refractivity (Wildman–Crippen MR) is 112 cm³/mol. The lowest BCUT2D eigenvalue weighted by Crippen LogP contribution is -2.16. The summed E-state index contributed by atoms with van der Waals surface area (Å²) in [7, 11) is 0. The van der Waals surface area contributed by atoms with Gasteiger partial charge in [-0.3, -0.25) is 9.79 Å². The van der Waals surface area contributed by atoms with E-state index in [0.717, 1.165) is 46.5 Å². The number of thioether (sulfide) groups is 1.